The van der Waals surface area contributed by atoms with Gasteiger partial charge in [-0.1, -0.05) is 0 Å². The normalized spacial score (nSPS) is 4.17. The molecule has 0 rings (SSSR count). The maximum atomic E-state index is 8.89. The number of hydrogen-bond acceptors (Lipinski definition) is 8. The Balaban J connectivity index is -0.00000000720. The summed E-state index contributed by atoms with van der Waals surface area (Å²) in [5.41, 5.74) is 0. The van der Waals surface area contributed by atoms with E-state index in [1.807, 2.05) is 0 Å². The van der Waals surface area contributed by atoms with Gasteiger partial charge in [-0.2, -0.15) is 0 Å². The molecule has 0 aromatic carbocycles. The van der Waals surface area contributed by atoms with E-state index in [-0.39, 0.29) is 46.5 Å². The van der Waals surface area contributed by atoms with Gasteiger partial charge in [0.25, 0.3) is 0 Å². The minimum atomic E-state index is -1.08. The van der Waals surface area contributed by atoms with Crippen LogP contribution in [0.3, 0.4) is 0 Å². The second-order valence-corrected chi connectivity index (χ2v) is 1.97. The fraction of sp³-hybridized carbons (Fsp3) is 0.500. The summed E-state index contributed by atoms with van der Waals surface area (Å²) in [6.45, 7) is 3.89. The molecule has 16 nitrogen and oxygen atoms in total. The van der Waals surface area contributed by atoms with Crippen LogP contribution in [0.15, 0.2) is 0 Å². The summed E-state index contributed by atoms with van der Waals surface area (Å²) in [7, 11) is 0. The molecule has 0 aliphatic rings. The molecule has 0 amide bonds. The molecule has 0 aliphatic heterocycles. The van der Waals surface area contributed by atoms with Gasteiger partial charge in [-0.25, -0.2) is 0 Å². The average molecular weight is 380 g/mol. The lowest BCUT2D eigenvalue weighted by molar-refractivity contribution is -0.303. The number of aliphatic carboxylic acids is 4. The second kappa shape index (κ2) is 86.1. The van der Waals surface area contributed by atoms with E-state index in [1.165, 1.54) is 0 Å². The summed E-state index contributed by atoms with van der Waals surface area (Å²) in [5.74, 6) is -4.33. The van der Waals surface area contributed by atoms with E-state index in [2.05, 4.69) is 0 Å². The summed E-state index contributed by atoms with van der Waals surface area (Å²) >= 11 is 0. The number of hydrogen-bond donors (Lipinski definition) is 4. The Morgan fingerprint density at radius 2 is 0.417 bits per heavy atom. The van der Waals surface area contributed by atoms with Crippen LogP contribution in [0.4, 0.5) is 0 Å². The minimum absolute atomic E-state index is 0. The number of carbonyl (C=O) groups excluding carboxylic acids is 4. The molecule has 24 heavy (non-hydrogen) atoms. The molecule has 0 aromatic rings. The van der Waals surface area contributed by atoms with Gasteiger partial charge in [0.1, 0.15) is 0 Å². The van der Waals surface area contributed by atoms with Crippen molar-refractivity contribution in [3.63, 3.8) is 0 Å². The largest absolute Gasteiger partial charge is 0.550 e. The molecular weight excluding hydrogens is 344 g/mol. The summed E-state index contributed by atoms with van der Waals surface area (Å²) in [6, 6.07) is 0. The zero-order chi connectivity index (χ0) is 14.3. The molecule has 0 saturated heterocycles. The molecule has 0 radical (unpaired) electrons. The second-order valence-electron chi connectivity index (χ2n) is 1.97. The van der Waals surface area contributed by atoms with Gasteiger partial charge in [0.2, 0.25) is 0 Å². The van der Waals surface area contributed by atoms with Crippen molar-refractivity contribution in [3.8, 4) is 0 Å². The average Bonchev–Trinajstić information content (AvgIpc) is 1.76. The van der Waals surface area contributed by atoms with Gasteiger partial charge in [-0.15, -0.1) is 0 Å². The Labute approximate surface area is 139 Å². The van der Waals surface area contributed by atoms with Gasteiger partial charge in [0, 0.05) is 23.9 Å². The number of rotatable bonds is 0. The summed E-state index contributed by atoms with van der Waals surface area (Å²) in [5, 5.41) is 35.6. The Morgan fingerprint density at radius 1 is 0.417 bits per heavy atom. The predicted octanol–water partition coefficient (Wildman–Crippen LogP) is -6.77. The van der Waals surface area contributed by atoms with Gasteiger partial charge in [-0.05, 0) is 27.7 Å². The lowest BCUT2D eigenvalue weighted by Gasteiger charge is -1.77. The van der Waals surface area contributed by atoms with E-state index in [0.717, 1.165) is 27.7 Å². The Bertz CT molecular complexity index is 175. The molecule has 0 atom stereocenters. The Hall–Kier alpha value is -2.44. The van der Waals surface area contributed by atoms with Crippen LogP contribution < -0.4 is 45.0 Å². The molecule has 0 saturated carbocycles. The highest BCUT2D eigenvalue weighted by Crippen LogP contribution is 1.32. The molecule has 0 aliphatic carbocycles. The van der Waals surface area contributed by atoms with Crippen LogP contribution in [-0.4, -0.2) is 45.8 Å². The molecule has 16 heteroatoms. The quantitative estimate of drug-likeness (QED) is 0.311. The number of quaternary nitrogens is 4. The van der Waals surface area contributed by atoms with Crippen LogP contribution >= 0.6 is 0 Å². The Morgan fingerprint density at radius 3 is 0.417 bits per heavy atom. The lowest BCUT2D eigenvalue weighted by Crippen LogP contribution is -2.16. The van der Waals surface area contributed by atoms with Crippen LogP contribution in [0.2, 0.25) is 0 Å². The summed E-state index contributed by atoms with van der Waals surface area (Å²) < 4.78 is 0. The van der Waals surface area contributed by atoms with E-state index in [0.29, 0.717) is 0 Å². The topological polar surface area (TPSA) is 433 Å². The molecule has 0 heterocycles. The SMILES string of the molecule is CC(=O)[O-].CC(=O)[O-].CC(=O)[O-].CC(=O)[O-].O.O.O.O.[NH4+].[NH4+].[NH4+].[NH4+]. The Kier molecular flexibility index (Phi) is 358. The predicted molar refractivity (Wildman–Crippen MR) is 81.1 cm³/mol. The van der Waals surface area contributed by atoms with Gasteiger partial charge in [0.15, 0.2) is 0 Å². The fourth-order valence-electron chi connectivity index (χ4n) is 0. The lowest BCUT2D eigenvalue weighted by atomic mass is 10.9. The third-order valence-electron chi connectivity index (χ3n) is 0. The number of carbonyl (C=O) groups is 4. The van der Waals surface area contributed by atoms with E-state index in [9.17, 15) is 0 Å². The highest BCUT2D eigenvalue weighted by Gasteiger charge is 1.47. The number of carboxylic acid groups (broad SMARTS) is 4. The van der Waals surface area contributed by atoms with Crippen LogP contribution in [0.5, 0.6) is 0 Å². The van der Waals surface area contributed by atoms with Crippen molar-refractivity contribution in [2.75, 3.05) is 0 Å². The molecule has 0 bridgehead atoms. The van der Waals surface area contributed by atoms with E-state index < -0.39 is 23.9 Å². The van der Waals surface area contributed by atoms with E-state index in [4.69, 9.17) is 39.6 Å². The maximum absolute atomic E-state index is 8.89. The van der Waals surface area contributed by atoms with Crippen molar-refractivity contribution >= 4 is 23.9 Å². The summed E-state index contributed by atoms with van der Waals surface area (Å²) in [4.78, 5) is 35.6. The van der Waals surface area contributed by atoms with E-state index in [1.54, 1.807) is 0 Å². The third-order valence-corrected chi connectivity index (χ3v) is 0. The van der Waals surface area contributed by atoms with Crippen molar-refractivity contribution in [1.29, 1.82) is 0 Å². The van der Waals surface area contributed by atoms with Gasteiger partial charge in [0.05, 0.1) is 0 Å². The maximum Gasteiger partial charge on any atom is 0.0383 e. The standard InChI is InChI=1S/4C2H4O2.4H3N.4H2O/c4*1-2(3)4;;;;;;;;/h4*1H3,(H,3,4);4*1H3;4*1H2. The molecule has 24 N–H and O–H groups in total. The zero-order valence-electron chi connectivity index (χ0n) is 15.3. The molecule has 0 spiro atoms. The molecule has 0 aromatic heterocycles. The van der Waals surface area contributed by atoms with Gasteiger partial charge in [-0.3, -0.25) is 0 Å². The monoisotopic (exact) mass is 380 g/mol. The smallest absolute Gasteiger partial charge is 0.0383 e. The van der Waals surface area contributed by atoms with Crippen LogP contribution in [0.25, 0.3) is 0 Å². The first-order valence-electron chi connectivity index (χ1n) is 3.63. The van der Waals surface area contributed by atoms with Crippen molar-refractivity contribution in [1.82, 2.24) is 24.6 Å². The van der Waals surface area contributed by atoms with Crippen molar-refractivity contribution in [2.45, 2.75) is 27.7 Å². The van der Waals surface area contributed by atoms with Gasteiger partial charge >= 0.3 is 0 Å². The molecule has 0 unspecified atom stereocenters. The van der Waals surface area contributed by atoms with Crippen LogP contribution in [0, 0.1) is 0 Å². The molecule has 0 fully saturated rings. The highest BCUT2D eigenvalue weighted by molar-refractivity contribution is 5.61. The first-order valence-corrected chi connectivity index (χ1v) is 3.63. The first kappa shape index (κ1) is 99.7. The van der Waals surface area contributed by atoms with Crippen molar-refractivity contribution in [2.24, 2.45) is 0 Å². The zero-order valence-corrected chi connectivity index (χ0v) is 15.3. The van der Waals surface area contributed by atoms with E-state index >= 15 is 0 Å². The minimum Gasteiger partial charge on any atom is -0.550 e. The third kappa shape index (κ3) is 1130. The first-order chi connectivity index (χ1) is 6.93. The summed E-state index contributed by atoms with van der Waals surface area (Å²) in [6.07, 6.45) is 0. The number of carboxylic acids is 4. The molecule has 160 valence electrons. The van der Waals surface area contributed by atoms with Crippen LogP contribution in [0.1, 0.15) is 27.7 Å². The van der Waals surface area contributed by atoms with Crippen molar-refractivity contribution < 1.29 is 61.5 Å². The van der Waals surface area contributed by atoms with Crippen LogP contribution in [-0.2, 0) is 19.2 Å². The molecular formula is C8H36N4O12. The van der Waals surface area contributed by atoms with Crippen molar-refractivity contribution in [3.05, 3.63) is 0 Å². The fourth-order valence-corrected chi connectivity index (χ4v) is 0. The van der Waals surface area contributed by atoms with Gasteiger partial charge < -0.3 is 86.1 Å². The highest BCUT2D eigenvalue weighted by atomic mass is 16.4.